The molecule has 0 aliphatic carbocycles. The number of hydrogen-bond donors (Lipinski definition) is 1. The van der Waals surface area contributed by atoms with Crippen LogP contribution in [-0.2, 0) is 11.2 Å². The summed E-state index contributed by atoms with van der Waals surface area (Å²) in [7, 11) is 0. The van der Waals surface area contributed by atoms with E-state index >= 15 is 0 Å². The van der Waals surface area contributed by atoms with Gasteiger partial charge in [0.05, 0.1) is 36.2 Å². The topological polar surface area (TPSA) is 60.0 Å². The number of anilines is 1. The summed E-state index contributed by atoms with van der Waals surface area (Å²) in [5.41, 5.74) is 2.22. The van der Waals surface area contributed by atoms with Crippen molar-refractivity contribution < 1.29 is 18.8 Å². The Balaban J connectivity index is 1.54. The SMILES string of the molecule is CCc1ccc2nc(N(CCC[NH+]3CCOCC3)C(=O)c3ccco3)sc2c1. The number of amides is 1. The van der Waals surface area contributed by atoms with E-state index in [9.17, 15) is 4.79 Å². The lowest BCUT2D eigenvalue weighted by atomic mass is 10.2. The number of nitrogens with one attached hydrogen (secondary N) is 1. The molecular weight excluding hydrogens is 374 g/mol. The van der Waals surface area contributed by atoms with Gasteiger partial charge in [-0.3, -0.25) is 9.69 Å². The predicted octanol–water partition coefficient (Wildman–Crippen LogP) is 2.40. The number of carbonyl (C=O) groups excluding carboxylic acids is 1. The monoisotopic (exact) mass is 400 g/mol. The summed E-state index contributed by atoms with van der Waals surface area (Å²) in [5, 5.41) is 0.738. The van der Waals surface area contributed by atoms with Gasteiger partial charge >= 0.3 is 0 Å². The number of quaternary nitrogens is 1. The first-order valence-corrected chi connectivity index (χ1v) is 10.7. The number of thiazole rings is 1. The molecule has 3 heterocycles. The summed E-state index contributed by atoms with van der Waals surface area (Å²) in [6, 6.07) is 9.78. The number of furan rings is 1. The van der Waals surface area contributed by atoms with Gasteiger partial charge in [-0.2, -0.15) is 0 Å². The number of benzene rings is 1. The Hall–Kier alpha value is -2.22. The van der Waals surface area contributed by atoms with E-state index in [-0.39, 0.29) is 5.91 Å². The molecule has 1 N–H and O–H groups in total. The largest absolute Gasteiger partial charge is 0.459 e. The van der Waals surface area contributed by atoms with Crippen molar-refractivity contribution in [3.8, 4) is 0 Å². The fourth-order valence-corrected chi connectivity index (χ4v) is 4.56. The number of aromatic nitrogens is 1. The summed E-state index contributed by atoms with van der Waals surface area (Å²) in [6.07, 6.45) is 3.44. The molecule has 0 saturated carbocycles. The van der Waals surface area contributed by atoms with Gasteiger partial charge < -0.3 is 14.1 Å². The second-order valence-corrected chi connectivity index (χ2v) is 8.06. The van der Waals surface area contributed by atoms with Crippen LogP contribution in [0, 0.1) is 0 Å². The standard InChI is InChI=1S/C21H25N3O3S/c1-2-16-6-7-17-19(15-16)28-21(22-17)24(20(25)18-5-3-12-27-18)9-4-8-23-10-13-26-14-11-23/h3,5-7,12,15H,2,4,8-11,13-14H2,1H3/p+1. The molecule has 1 aliphatic heterocycles. The highest BCUT2D eigenvalue weighted by molar-refractivity contribution is 7.22. The molecule has 1 aliphatic rings. The molecule has 1 aromatic carbocycles. The lowest BCUT2D eigenvalue weighted by Crippen LogP contribution is -3.14. The van der Waals surface area contributed by atoms with Crippen molar-refractivity contribution in [2.75, 3.05) is 44.3 Å². The normalized spacial score (nSPS) is 15.2. The minimum atomic E-state index is -0.128. The number of aryl methyl sites for hydroxylation is 1. The molecule has 0 radical (unpaired) electrons. The first kappa shape index (κ1) is 19.1. The molecule has 148 valence electrons. The summed E-state index contributed by atoms with van der Waals surface area (Å²) >= 11 is 1.57. The first-order chi connectivity index (χ1) is 13.7. The number of carbonyl (C=O) groups is 1. The average molecular weight is 401 g/mol. The molecule has 7 heteroatoms. The predicted molar refractivity (Wildman–Crippen MR) is 110 cm³/mol. The summed E-state index contributed by atoms with van der Waals surface area (Å²) in [6.45, 7) is 7.51. The quantitative estimate of drug-likeness (QED) is 0.662. The summed E-state index contributed by atoms with van der Waals surface area (Å²) in [5.74, 6) is 0.226. The average Bonchev–Trinajstić information content (AvgIpc) is 3.40. The van der Waals surface area contributed by atoms with Crippen molar-refractivity contribution in [2.24, 2.45) is 0 Å². The van der Waals surface area contributed by atoms with Crippen LogP contribution in [0.2, 0.25) is 0 Å². The number of hydrogen-bond acceptors (Lipinski definition) is 5. The van der Waals surface area contributed by atoms with Crippen molar-refractivity contribution in [2.45, 2.75) is 19.8 Å². The van der Waals surface area contributed by atoms with Crippen LogP contribution >= 0.6 is 11.3 Å². The Morgan fingerprint density at radius 1 is 1.29 bits per heavy atom. The van der Waals surface area contributed by atoms with E-state index in [1.54, 1.807) is 28.4 Å². The van der Waals surface area contributed by atoms with Gasteiger partial charge in [0.25, 0.3) is 5.91 Å². The zero-order valence-electron chi connectivity index (χ0n) is 16.1. The number of rotatable bonds is 7. The highest BCUT2D eigenvalue weighted by Gasteiger charge is 2.24. The summed E-state index contributed by atoms with van der Waals surface area (Å²) < 4.78 is 11.9. The van der Waals surface area contributed by atoms with E-state index < -0.39 is 0 Å². The molecule has 3 aromatic rings. The minimum Gasteiger partial charge on any atom is -0.459 e. The fraction of sp³-hybridized carbons (Fsp3) is 0.429. The van der Waals surface area contributed by atoms with Crippen molar-refractivity contribution >= 4 is 32.6 Å². The number of nitrogens with zero attached hydrogens (tertiary/aromatic N) is 2. The second kappa shape index (κ2) is 8.86. The molecule has 28 heavy (non-hydrogen) atoms. The fourth-order valence-electron chi connectivity index (χ4n) is 3.51. The smallest absolute Gasteiger partial charge is 0.295 e. The Labute approximate surface area is 168 Å². The zero-order chi connectivity index (χ0) is 19.3. The zero-order valence-corrected chi connectivity index (χ0v) is 17.0. The second-order valence-electron chi connectivity index (χ2n) is 7.05. The third kappa shape index (κ3) is 4.27. The third-order valence-corrected chi connectivity index (χ3v) is 6.21. The maximum Gasteiger partial charge on any atom is 0.295 e. The van der Waals surface area contributed by atoms with Crippen molar-refractivity contribution in [3.05, 3.63) is 47.9 Å². The van der Waals surface area contributed by atoms with Gasteiger partial charge in [0, 0.05) is 13.0 Å². The maximum absolute atomic E-state index is 13.1. The van der Waals surface area contributed by atoms with Gasteiger partial charge in [-0.05, 0) is 36.2 Å². The Morgan fingerprint density at radius 2 is 2.14 bits per heavy atom. The van der Waals surface area contributed by atoms with Crippen LogP contribution in [0.25, 0.3) is 10.2 Å². The van der Waals surface area contributed by atoms with Gasteiger partial charge in [-0.15, -0.1) is 0 Å². The van der Waals surface area contributed by atoms with Crippen molar-refractivity contribution in [1.82, 2.24) is 4.98 Å². The molecule has 1 fully saturated rings. The first-order valence-electron chi connectivity index (χ1n) is 9.90. The molecule has 6 nitrogen and oxygen atoms in total. The van der Waals surface area contributed by atoms with E-state index in [1.165, 1.54) is 16.7 Å². The molecule has 0 atom stereocenters. The Morgan fingerprint density at radius 3 is 2.89 bits per heavy atom. The highest BCUT2D eigenvalue weighted by Crippen LogP contribution is 2.30. The molecule has 4 rings (SSSR count). The third-order valence-electron chi connectivity index (χ3n) is 5.17. The highest BCUT2D eigenvalue weighted by atomic mass is 32.1. The van der Waals surface area contributed by atoms with Crippen LogP contribution in [0.3, 0.4) is 0 Å². The molecular formula is C21H26N3O3S+. The van der Waals surface area contributed by atoms with Crippen LogP contribution in [0.5, 0.6) is 0 Å². The van der Waals surface area contributed by atoms with Crippen LogP contribution in [-0.4, -0.2) is 50.3 Å². The van der Waals surface area contributed by atoms with Crippen LogP contribution in [0.15, 0.2) is 41.0 Å². The number of fused-ring (bicyclic) bond motifs is 1. The molecule has 1 saturated heterocycles. The van der Waals surface area contributed by atoms with Crippen LogP contribution < -0.4 is 9.80 Å². The van der Waals surface area contributed by atoms with E-state index in [4.69, 9.17) is 14.1 Å². The lowest BCUT2D eigenvalue weighted by Gasteiger charge is -2.25. The maximum atomic E-state index is 13.1. The van der Waals surface area contributed by atoms with Crippen LogP contribution in [0.4, 0.5) is 5.13 Å². The van der Waals surface area contributed by atoms with E-state index in [2.05, 4.69) is 19.1 Å². The van der Waals surface area contributed by atoms with E-state index in [1.807, 2.05) is 6.07 Å². The molecule has 0 spiro atoms. The molecule has 2 aromatic heterocycles. The van der Waals surface area contributed by atoms with Crippen LogP contribution in [0.1, 0.15) is 29.5 Å². The van der Waals surface area contributed by atoms with Crippen molar-refractivity contribution in [1.29, 1.82) is 0 Å². The summed E-state index contributed by atoms with van der Waals surface area (Å²) in [4.78, 5) is 21.1. The van der Waals surface area contributed by atoms with E-state index in [0.717, 1.165) is 61.0 Å². The molecule has 0 unspecified atom stereocenters. The molecule has 1 amide bonds. The lowest BCUT2D eigenvalue weighted by molar-refractivity contribution is -0.908. The van der Waals surface area contributed by atoms with Gasteiger partial charge in [0.1, 0.15) is 13.1 Å². The van der Waals surface area contributed by atoms with Gasteiger partial charge in [0.15, 0.2) is 10.9 Å². The van der Waals surface area contributed by atoms with Gasteiger partial charge in [-0.1, -0.05) is 24.3 Å². The molecule has 0 bridgehead atoms. The van der Waals surface area contributed by atoms with Gasteiger partial charge in [-0.25, -0.2) is 4.98 Å². The van der Waals surface area contributed by atoms with E-state index in [0.29, 0.717) is 12.3 Å². The number of ether oxygens (including phenoxy) is 1. The number of morpholine rings is 1. The Bertz CT molecular complexity index is 916. The minimum absolute atomic E-state index is 0.128. The van der Waals surface area contributed by atoms with Gasteiger partial charge in [0.2, 0.25) is 0 Å². The van der Waals surface area contributed by atoms with Crippen molar-refractivity contribution in [3.63, 3.8) is 0 Å². The Kier molecular flexibility index (Phi) is 6.04.